The molecule has 1 spiro atoms. The molecule has 2 aliphatic rings. The second-order valence-corrected chi connectivity index (χ2v) is 6.93. The monoisotopic (exact) mass is 291 g/mol. The molecule has 4 nitrogen and oxygen atoms in total. The first-order chi connectivity index (χ1) is 7.30. The van der Waals surface area contributed by atoms with Crippen LogP contribution in [0.2, 0.25) is 0 Å². The van der Waals surface area contributed by atoms with Gasteiger partial charge in [0.25, 0.3) is 0 Å². The van der Waals surface area contributed by atoms with E-state index < -0.39 is 5.60 Å². The third kappa shape index (κ3) is 2.51. The van der Waals surface area contributed by atoms with Crippen molar-refractivity contribution in [1.82, 2.24) is 4.90 Å². The van der Waals surface area contributed by atoms with Crippen molar-refractivity contribution in [2.45, 2.75) is 43.2 Å². The molecule has 5 heteroatoms. The lowest BCUT2D eigenvalue weighted by Gasteiger charge is -2.46. The van der Waals surface area contributed by atoms with Gasteiger partial charge < -0.3 is 14.4 Å². The number of rotatable bonds is 0. The molecular formula is C11H18BrNO3. The van der Waals surface area contributed by atoms with Crippen molar-refractivity contribution < 1.29 is 14.3 Å². The Hall–Kier alpha value is -0.290. The molecular weight excluding hydrogens is 274 g/mol. The molecule has 2 rings (SSSR count). The summed E-state index contributed by atoms with van der Waals surface area (Å²) in [5.41, 5.74) is -0.528. The van der Waals surface area contributed by atoms with E-state index >= 15 is 0 Å². The number of alkyl halides is 1. The first-order valence-corrected chi connectivity index (χ1v) is 6.47. The number of amides is 1. The summed E-state index contributed by atoms with van der Waals surface area (Å²) < 4.78 is 11.0. The fraction of sp³-hybridized carbons (Fsp3) is 0.909. The van der Waals surface area contributed by atoms with Gasteiger partial charge in [0.05, 0.1) is 19.7 Å². The molecule has 0 saturated carbocycles. The van der Waals surface area contributed by atoms with E-state index in [0.29, 0.717) is 17.9 Å². The Morgan fingerprint density at radius 1 is 1.50 bits per heavy atom. The highest BCUT2D eigenvalue weighted by atomic mass is 79.9. The highest BCUT2D eigenvalue weighted by molar-refractivity contribution is 9.09. The SMILES string of the molecule is CC(C)(C)OC(=O)N1CC2(C[C@H](Br)CO2)C1. The zero-order chi connectivity index (χ0) is 12.0. The van der Waals surface area contributed by atoms with Gasteiger partial charge in [0, 0.05) is 4.83 Å². The summed E-state index contributed by atoms with van der Waals surface area (Å²) in [6, 6.07) is 0. The second kappa shape index (κ2) is 3.88. The molecule has 1 atom stereocenters. The topological polar surface area (TPSA) is 38.8 Å². The smallest absolute Gasteiger partial charge is 0.410 e. The van der Waals surface area contributed by atoms with Crippen LogP contribution < -0.4 is 0 Å². The maximum absolute atomic E-state index is 11.7. The minimum Gasteiger partial charge on any atom is -0.444 e. The molecule has 16 heavy (non-hydrogen) atoms. The zero-order valence-corrected chi connectivity index (χ0v) is 11.5. The third-order valence-electron chi connectivity index (χ3n) is 2.77. The predicted molar refractivity (Wildman–Crippen MR) is 63.8 cm³/mol. The molecule has 0 bridgehead atoms. The third-order valence-corrected chi connectivity index (χ3v) is 3.36. The van der Waals surface area contributed by atoms with Gasteiger partial charge in [-0.2, -0.15) is 0 Å². The molecule has 0 radical (unpaired) electrons. The minimum absolute atomic E-state index is 0.106. The number of hydrogen-bond acceptors (Lipinski definition) is 3. The van der Waals surface area contributed by atoms with Crippen LogP contribution >= 0.6 is 15.9 Å². The van der Waals surface area contributed by atoms with Gasteiger partial charge in [-0.1, -0.05) is 15.9 Å². The molecule has 0 aromatic carbocycles. The van der Waals surface area contributed by atoms with Crippen molar-refractivity contribution in [3.8, 4) is 0 Å². The highest BCUT2D eigenvalue weighted by Gasteiger charge is 2.51. The van der Waals surface area contributed by atoms with Gasteiger partial charge in [0.15, 0.2) is 0 Å². The van der Waals surface area contributed by atoms with E-state index in [1.54, 1.807) is 4.90 Å². The molecule has 92 valence electrons. The molecule has 2 fully saturated rings. The van der Waals surface area contributed by atoms with Gasteiger partial charge in [0.1, 0.15) is 11.2 Å². The molecule has 0 aliphatic carbocycles. The van der Waals surface area contributed by atoms with E-state index in [2.05, 4.69) is 15.9 Å². The van der Waals surface area contributed by atoms with Gasteiger partial charge in [-0.05, 0) is 27.2 Å². The van der Waals surface area contributed by atoms with Crippen LogP contribution in [0.25, 0.3) is 0 Å². The van der Waals surface area contributed by atoms with Crippen LogP contribution in [-0.2, 0) is 9.47 Å². The first-order valence-electron chi connectivity index (χ1n) is 5.56. The van der Waals surface area contributed by atoms with Crippen molar-refractivity contribution in [2.75, 3.05) is 19.7 Å². The molecule has 0 N–H and O–H groups in total. The Kier molecular flexibility index (Phi) is 2.95. The van der Waals surface area contributed by atoms with Crippen LogP contribution in [0, 0.1) is 0 Å². The van der Waals surface area contributed by atoms with E-state index in [-0.39, 0.29) is 11.7 Å². The maximum atomic E-state index is 11.7. The van der Waals surface area contributed by atoms with Crippen molar-refractivity contribution in [2.24, 2.45) is 0 Å². The van der Waals surface area contributed by atoms with E-state index in [9.17, 15) is 4.79 Å². The fourth-order valence-corrected chi connectivity index (χ4v) is 2.84. The summed E-state index contributed by atoms with van der Waals surface area (Å²) >= 11 is 3.53. The molecule has 0 unspecified atom stereocenters. The van der Waals surface area contributed by atoms with E-state index in [4.69, 9.17) is 9.47 Å². The average Bonchev–Trinajstić information content (AvgIpc) is 2.41. The number of hydrogen-bond donors (Lipinski definition) is 0. The second-order valence-electron chi connectivity index (χ2n) is 5.63. The molecule has 2 aliphatic heterocycles. The number of ether oxygens (including phenoxy) is 2. The van der Waals surface area contributed by atoms with E-state index in [0.717, 1.165) is 13.0 Å². The lowest BCUT2D eigenvalue weighted by Crippen LogP contribution is -2.63. The molecule has 2 heterocycles. The largest absolute Gasteiger partial charge is 0.444 e. The Balaban J connectivity index is 1.82. The molecule has 1 amide bonds. The summed E-state index contributed by atoms with van der Waals surface area (Å²) in [7, 11) is 0. The van der Waals surface area contributed by atoms with Gasteiger partial charge in [-0.25, -0.2) is 4.79 Å². The lowest BCUT2D eigenvalue weighted by atomic mass is 9.91. The van der Waals surface area contributed by atoms with Gasteiger partial charge in [-0.15, -0.1) is 0 Å². The van der Waals surface area contributed by atoms with E-state index in [1.165, 1.54) is 0 Å². The van der Waals surface area contributed by atoms with Crippen LogP contribution in [0.4, 0.5) is 4.79 Å². The normalized spacial score (nSPS) is 28.0. The summed E-state index contributed by atoms with van der Waals surface area (Å²) in [5, 5.41) is 0. The average molecular weight is 292 g/mol. The minimum atomic E-state index is -0.422. The quantitative estimate of drug-likeness (QED) is 0.642. The molecule has 2 saturated heterocycles. The van der Waals surface area contributed by atoms with E-state index in [1.807, 2.05) is 20.8 Å². The number of carbonyl (C=O) groups excluding carboxylic acids is 1. The molecule has 0 aromatic heterocycles. The maximum Gasteiger partial charge on any atom is 0.410 e. The summed E-state index contributed by atoms with van der Waals surface area (Å²) in [6.45, 7) is 7.68. The first kappa shape index (κ1) is 12.2. The number of likely N-dealkylation sites (tertiary alicyclic amines) is 1. The summed E-state index contributed by atoms with van der Waals surface area (Å²) in [6.07, 6.45) is 0.742. The predicted octanol–water partition coefficient (Wildman–Crippen LogP) is 2.16. The van der Waals surface area contributed by atoms with Crippen molar-refractivity contribution in [1.29, 1.82) is 0 Å². The standard InChI is InChI=1S/C11H18BrNO3/c1-10(2,3)16-9(14)13-6-11(7-13)4-8(12)5-15-11/h8H,4-7H2,1-3H3/t8-/m0/s1. The Morgan fingerprint density at radius 2 is 2.12 bits per heavy atom. The fourth-order valence-electron chi connectivity index (χ4n) is 2.11. The van der Waals surface area contributed by atoms with Crippen molar-refractivity contribution in [3.05, 3.63) is 0 Å². The highest BCUT2D eigenvalue weighted by Crippen LogP contribution is 2.38. The van der Waals surface area contributed by atoms with Crippen LogP contribution in [0.3, 0.4) is 0 Å². The van der Waals surface area contributed by atoms with Gasteiger partial charge >= 0.3 is 6.09 Å². The van der Waals surface area contributed by atoms with Crippen LogP contribution in [0.5, 0.6) is 0 Å². The van der Waals surface area contributed by atoms with Crippen molar-refractivity contribution >= 4 is 22.0 Å². The lowest BCUT2D eigenvalue weighted by molar-refractivity contribution is -0.109. The van der Waals surface area contributed by atoms with Crippen LogP contribution in [0.1, 0.15) is 27.2 Å². The van der Waals surface area contributed by atoms with Gasteiger partial charge in [0.2, 0.25) is 0 Å². The number of halogens is 1. The van der Waals surface area contributed by atoms with Crippen LogP contribution in [-0.4, -0.2) is 46.7 Å². The van der Waals surface area contributed by atoms with Crippen LogP contribution in [0.15, 0.2) is 0 Å². The Bertz CT molecular complexity index is 294. The molecule has 0 aromatic rings. The summed E-state index contributed by atoms with van der Waals surface area (Å²) in [4.78, 5) is 13.8. The number of carbonyl (C=O) groups is 1. The Morgan fingerprint density at radius 3 is 2.56 bits per heavy atom. The Labute approximate surface area is 104 Å². The van der Waals surface area contributed by atoms with Gasteiger partial charge in [-0.3, -0.25) is 0 Å². The van der Waals surface area contributed by atoms with Crippen molar-refractivity contribution in [3.63, 3.8) is 0 Å². The number of nitrogens with zero attached hydrogens (tertiary/aromatic N) is 1. The zero-order valence-electron chi connectivity index (χ0n) is 9.96. The summed E-state index contributed by atoms with van der Waals surface area (Å²) in [5.74, 6) is 0.